The van der Waals surface area contributed by atoms with E-state index < -0.39 is 0 Å². The van der Waals surface area contributed by atoms with E-state index in [1.807, 2.05) is 25.1 Å². The highest BCUT2D eigenvalue weighted by molar-refractivity contribution is 9.11. The fourth-order valence-electron chi connectivity index (χ4n) is 1.33. The highest BCUT2D eigenvalue weighted by Gasteiger charge is 2.16. The van der Waals surface area contributed by atoms with Gasteiger partial charge in [0.15, 0.2) is 0 Å². The van der Waals surface area contributed by atoms with Crippen molar-refractivity contribution in [2.75, 3.05) is 0 Å². The van der Waals surface area contributed by atoms with Crippen LogP contribution in [-0.4, -0.2) is 0 Å². The molecule has 74 valence electrons. The van der Waals surface area contributed by atoms with Crippen molar-refractivity contribution in [2.45, 2.75) is 13.0 Å². The Morgan fingerprint density at radius 1 is 1.43 bits per heavy atom. The van der Waals surface area contributed by atoms with Crippen LogP contribution in [0.15, 0.2) is 32.7 Å². The Morgan fingerprint density at radius 3 is 2.71 bits per heavy atom. The van der Waals surface area contributed by atoms with Crippen molar-refractivity contribution in [3.8, 4) is 0 Å². The maximum atomic E-state index is 6.07. The molecule has 2 heterocycles. The van der Waals surface area contributed by atoms with Crippen LogP contribution in [0.1, 0.15) is 22.2 Å². The van der Waals surface area contributed by atoms with Crippen molar-refractivity contribution in [3.63, 3.8) is 0 Å². The molecule has 0 aliphatic rings. The van der Waals surface area contributed by atoms with Gasteiger partial charge in [0.25, 0.3) is 0 Å². The summed E-state index contributed by atoms with van der Waals surface area (Å²) in [5.41, 5.74) is 7.17. The second-order valence-corrected chi connectivity index (χ2v) is 5.58. The van der Waals surface area contributed by atoms with Crippen LogP contribution >= 0.6 is 27.3 Å². The first-order valence-electron chi connectivity index (χ1n) is 4.23. The number of rotatable bonds is 2. The fraction of sp³-hybridized carbons (Fsp3) is 0.200. The van der Waals surface area contributed by atoms with Gasteiger partial charge in [-0.25, -0.2) is 0 Å². The van der Waals surface area contributed by atoms with E-state index in [1.54, 1.807) is 17.6 Å². The lowest BCUT2D eigenvalue weighted by Crippen LogP contribution is -2.10. The molecule has 0 bridgehead atoms. The molecule has 2 rings (SSSR count). The average molecular weight is 272 g/mol. The predicted molar refractivity (Wildman–Crippen MR) is 61.5 cm³/mol. The van der Waals surface area contributed by atoms with Crippen molar-refractivity contribution in [2.24, 2.45) is 5.73 Å². The molecular formula is C10H10BrNOS. The van der Waals surface area contributed by atoms with Crippen LogP contribution in [0.3, 0.4) is 0 Å². The number of hydrogen-bond acceptors (Lipinski definition) is 3. The summed E-state index contributed by atoms with van der Waals surface area (Å²) in [5.74, 6) is 0.847. The van der Waals surface area contributed by atoms with Crippen LogP contribution in [0, 0.1) is 6.92 Å². The molecule has 2 nitrogen and oxygen atoms in total. The molecule has 0 aliphatic carbocycles. The summed E-state index contributed by atoms with van der Waals surface area (Å²) in [5, 5.41) is 0. The molecule has 14 heavy (non-hydrogen) atoms. The maximum absolute atomic E-state index is 6.07. The molecular weight excluding hydrogens is 262 g/mol. The lowest BCUT2D eigenvalue weighted by atomic mass is 10.1. The van der Waals surface area contributed by atoms with Gasteiger partial charge in [0.2, 0.25) is 0 Å². The van der Waals surface area contributed by atoms with Crippen molar-refractivity contribution in [1.82, 2.24) is 0 Å². The molecule has 0 fully saturated rings. The molecule has 1 atom stereocenters. The zero-order valence-corrected chi connectivity index (χ0v) is 10.1. The quantitative estimate of drug-likeness (QED) is 0.909. The monoisotopic (exact) mass is 271 g/mol. The Balaban J connectivity index is 2.33. The summed E-state index contributed by atoms with van der Waals surface area (Å²) < 4.78 is 6.45. The van der Waals surface area contributed by atoms with Crippen molar-refractivity contribution >= 4 is 27.3 Å². The van der Waals surface area contributed by atoms with Gasteiger partial charge in [-0.15, -0.1) is 11.3 Å². The Bertz CT molecular complexity index is 435. The van der Waals surface area contributed by atoms with E-state index in [1.165, 1.54) is 0 Å². The van der Waals surface area contributed by atoms with Crippen molar-refractivity contribution in [3.05, 3.63) is 44.4 Å². The number of hydrogen-bond donors (Lipinski definition) is 1. The van der Waals surface area contributed by atoms with E-state index >= 15 is 0 Å². The predicted octanol–water partition coefficient (Wildman–Crippen LogP) is 3.46. The standard InChI is InChI=1S/C10H10BrNOS/c1-6-4-5-13-10(6)9(12)7-2-3-8(11)14-7/h2-5,9H,12H2,1H3. The highest BCUT2D eigenvalue weighted by Crippen LogP contribution is 2.31. The Kier molecular flexibility index (Phi) is 2.76. The van der Waals surface area contributed by atoms with Crippen LogP contribution in [0.4, 0.5) is 0 Å². The van der Waals surface area contributed by atoms with E-state index in [0.29, 0.717) is 0 Å². The minimum Gasteiger partial charge on any atom is -0.467 e. The molecule has 0 aromatic carbocycles. The first kappa shape index (κ1) is 9.96. The van der Waals surface area contributed by atoms with E-state index in [9.17, 15) is 0 Å². The molecule has 4 heteroatoms. The molecule has 0 aliphatic heterocycles. The second-order valence-electron chi connectivity index (χ2n) is 3.09. The molecule has 0 saturated heterocycles. The van der Waals surface area contributed by atoms with Crippen molar-refractivity contribution < 1.29 is 4.42 Å². The Morgan fingerprint density at radius 2 is 2.21 bits per heavy atom. The largest absolute Gasteiger partial charge is 0.467 e. The first-order chi connectivity index (χ1) is 6.68. The Hall–Kier alpha value is -0.580. The van der Waals surface area contributed by atoms with Crippen LogP contribution < -0.4 is 5.73 Å². The fourth-order valence-corrected chi connectivity index (χ4v) is 2.75. The summed E-state index contributed by atoms with van der Waals surface area (Å²) in [4.78, 5) is 1.11. The summed E-state index contributed by atoms with van der Waals surface area (Å²) in [6.07, 6.45) is 1.67. The molecule has 2 N–H and O–H groups in total. The Labute approximate surface area is 94.9 Å². The first-order valence-corrected chi connectivity index (χ1v) is 5.84. The van der Waals surface area contributed by atoms with Gasteiger partial charge in [-0.1, -0.05) is 0 Å². The van der Waals surface area contributed by atoms with Crippen LogP contribution in [0.5, 0.6) is 0 Å². The van der Waals surface area contributed by atoms with Crippen LogP contribution in [0.25, 0.3) is 0 Å². The molecule has 0 amide bonds. The van der Waals surface area contributed by atoms with Gasteiger partial charge in [-0.3, -0.25) is 0 Å². The lowest BCUT2D eigenvalue weighted by Gasteiger charge is -2.06. The third kappa shape index (κ3) is 1.78. The van der Waals surface area contributed by atoms with Gasteiger partial charge in [0, 0.05) is 4.88 Å². The van der Waals surface area contributed by atoms with Gasteiger partial charge in [-0.05, 0) is 46.6 Å². The van der Waals surface area contributed by atoms with Gasteiger partial charge in [-0.2, -0.15) is 0 Å². The third-order valence-corrected chi connectivity index (χ3v) is 3.79. The summed E-state index contributed by atoms with van der Waals surface area (Å²) >= 11 is 5.05. The molecule has 1 unspecified atom stereocenters. The van der Waals surface area contributed by atoms with Gasteiger partial charge in [0.1, 0.15) is 5.76 Å². The van der Waals surface area contributed by atoms with Gasteiger partial charge in [0.05, 0.1) is 16.1 Å². The van der Waals surface area contributed by atoms with E-state index in [2.05, 4.69) is 15.9 Å². The van der Waals surface area contributed by atoms with Crippen LogP contribution in [-0.2, 0) is 0 Å². The zero-order chi connectivity index (χ0) is 10.1. The molecule has 0 spiro atoms. The molecule has 2 aromatic rings. The molecule has 0 saturated carbocycles. The third-order valence-electron chi connectivity index (χ3n) is 2.08. The summed E-state index contributed by atoms with van der Waals surface area (Å²) in [6, 6.07) is 5.79. The van der Waals surface area contributed by atoms with Crippen LogP contribution in [0.2, 0.25) is 0 Å². The van der Waals surface area contributed by atoms with E-state index in [4.69, 9.17) is 10.2 Å². The van der Waals surface area contributed by atoms with E-state index in [-0.39, 0.29) is 6.04 Å². The second kappa shape index (κ2) is 3.88. The lowest BCUT2D eigenvalue weighted by molar-refractivity contribution is 0.489. The number of halogens is 1. The molecule has 2 aromatic heterocycles. The summed E-state index contributed by atoms with van der Waals surface area (Å²) in [7, 11) is 0. The topological polar surface area (TPSA) is 39.2 Å². The molecule has 0 radical (unpaired) electrons. The minimum absolute atomic E-state index is 0.152. The normalized spacial score (nSPS) is 13.1. The maximum Gasteiger partial charge on any atom is 0.128 e. The SMILES string of the molecule is Cc1ccoc1C(N)c1ccc(Br)s1. The average Bonchev–Trinajstić information content (AvgIpc) is 2.73. The smallest absolute Gasteiger partial charge is 0.128 e. The number of furan rings is 1. The zero-order valence-electron chi connectivity index (χ0n) is 7.66. The summed E-state index contributed by atoms with van der Waals surface area (Å²) in [6.45, 7) is 2.00. The highest BCUT2D eigenvalue weighted by atomic mass is 79.9. The number of aryl methyl sites for hydroxylation is 1. The van der Waals surface area contributed by atoms with Gasteiger partial charge >= 0.3 is 0 Å². The van der Waals surface area contributed by atoms with Gasteiger partial charge < -0.3 is 10.2 Å². The van der Waals surface area contributed by atoms with E-state index in [0.717, 1.165) is 20.0 Å². The van der Waals surface area contributed by atoms with Crippen molar-refractivity contribution in [1.29, 1.82) is 0 Å². The number of nitrogens with two attached hydrogens (primary N) is 1. The minimum atomic E-state index is -0.152. The number of thiophene rings is 1.